The van der Waals surface area contributed by atoms with Crippen molar-refractivity contribution in [3.05, 3.63) is 59.4 Å². The maximum Gasteiger partial charge on any atom is 0.336 e. The van der Waals surface area contributed by atoms with Crippen LogP contribution in [-0.2, 0) is 0 Å². The van der Waals surface area contributed by atoms with Crippen LogP contribution in [0.15, 0.2) is 42.7 Å². The van der Waals surface area contributed by atoms with Gasteiger partial charge in [0, 0.05) is 0 Å². The monoisotopic (exact) mass is 266 g/mol. The van der Waals surface area contributed by atoms with Crippen LogP contribution in [0.25, 0.3) is 16.7 Å². The molecular formula is C16H14N2O2. The number of aryl methyl sites for hydroxylation is 1. The van der Waals surface area contributed by atoms with E-state index in [2.05, 4.69) is 4.98 Å². The minimum Gasteiger partial charge on any atom is -0.478 e. The van der Waals surface area contributed by atoms with E-state index in [0.717, 1.165) is 27.8 Å². The van der Waals surface area contributed by atoms with Crippen LogP contribution in [0.4, 0.5) is 0 Å². The van der Waals surface area contributed by atoms with Crippen LogP contribution in [0.1, 0.15) is 21.5 Å². The number of hydrogen-bond donors (Lipinski definition) is 1. The van der Waals surface area contributed by atoms with Crippen LogP contribution in [0.5, 0.6) is 0 Å². The van der Waals surface area contributed by atoms with E-state index in [1.165, 1.54) is 0 Å². The number of carboxylic acids is 1. The van der Waals surface area contributed by atoms with Crippen LogP contribution in [-0.4, -0.2) is 20.6 Å². The molecule has 2 aromatic carbocycles. The van der Waals surface area contributed by atoms with Crippen molar-refractivity contribution in [2.45, 2.75) is 13.8 Å². The van der Waals surface area contributed by atoms with Gasteiger partial charge in [0.1, 0.15) is 6.33 Å². The fourth-order valence-electron chi connectivity index (χ4n) is 2.54. The fraction of sp³-hybridized carbons (Fsp3) is 0.125. The van der Waals surface area contributed by atoms with Crippen molar-refractivity contribution in [2.24, 2.45) is 0 Å². The predicted octanol–water partition coefficient (Wildman–Crippen LogP) is 3.34. The molecule has 0 aliphatic rings. The van der Waals surface area contributed by atoms with Crippen molar-refractivity contribution in [1.29, 1.82) is 0 Å². The van der Waals surface area contributed by atoms with Crippen molar-refractivity contribution >= 4 is 17.0 Å². The second-order valence-electron chi connectivity index (χ2n) is 4.81. The summed E-state index contributed by atoms with van der Waals surface area (Å²) in [4.78, 5) is 15.6. The molecule has 0 bridgehead atoms. The Balaban J connectivity index is 2.32. The highest BCUT2D eigenvalue weighted by molar-refractivity contribution is 5.91. The SMILES string of the molecule is Cc1c(C(=O)O)cccc1-n1cnc2cccc(C)c21. The minimum atomic E-state index is -0.912. The van der Waals surface area contributed by atoms with Gasteiger partial charge in [-0.15, -0.1) is 0 Å². The highest BCUT2D eigenvalue weighted by Crippen LogP contribution is 2.25. The molecule has 1 N–H and O–H groups in total. The number of aromatic nitrogens is 2. The van der Waals surface area contributed by atoms with E-state index >= 15 is 0 Å². The molecule has 20 heavy (non-hydrogen) atoms. The molecular weight excluding hydrogens is 252 g/mol. The Morgan fingerprint density at radius 2 is 1.90 bits per heavy atom. The molecule has 0 fully saturated rings. The van der Waals surface area contributed by atoms with Gasteiger partial charge in [-0.05, 0) is 43.2 Å². The van der Waals surface area contributed by atoms with Gasteiger partial charge in [0.25, 0.3) is 0 Å². The lowest BCUT2D eigenvalue weighted by Crippen LogP contribution is -2.04. The maximum absolute atomic E-state index is 11.2. The average Bonchev–Trinajstić information content (AvgIpc) is 2.84. The molecule has 1 aromatic heterocycles. The molecule has 4 nitrogen and oxygen atoms in total. The second-order valence-corrected chi connectivity index (χ2v) is 4.81. The van der Waals surface area contributed by atoms with E-state index < -0.39 is 5.97 Å². The standard InChI is InChI=1S/C16H14N2O2/c1-10-5-3-7-13-15(10)18(9-17-13)14-8-4-6-12(11(14)2)16(19)20/h3-9H,1-2H3,(H,19,20). The Morgan fingerprint density at radius 3 is 2.65 bits per heavy atom. The Morgan fingerprint density at radius 1 is 1.15 bits per heavy atom. The van der Waals surface area contributed by atoms with E-state index in [1.54, 1.807) is 18.5 Å². The van der Waals surface area contributed by atoms with Gasteiger partial charge in [0.15, 0.2) is 0 Å². The van der Waals surface area contributed by atoms with Crippen LogP contribution >= 0.6 is 0 Å². The number of benzene rings is 2. The van der Waals surface area contributed by atoms with Crippen LogP contribution < -0.4 is 0 Å². The first-order valence-corrected chi connectivity index (χ1v) is 6.35. The minimum absolute atomic E-state index is 0.318. The lowest BCUT2D eigenvalue weighted by atomic mass is 10.1. The summed E-state index contributed by atoms with van der Waals surface area (Å²) in [6, 6.07) is 11.2. The Labute approximate surface area is 116 Å². The summed E-state index contributed by atoms with van der Waals surface area (Å²) < 4.78 is 1.95. The molecule has 100 valence electrons. The van der Waals surface area contributed by atoms with Crippen molar-refractivity contribution in [3.8, 4) is 5.69 Å². The van der Waals surface area contributed by atoms with E-state index in [1.807, 2.05) is 42.7 Å². The topological polar surface area (TPSA) is 55.1 Å². The van der Waals surface area contributed by atoms with Gasteiger partial charge in [-0.3, -0.25) is 4.57 Å². The smallest absolute Gasteiger partial charge is 0.336 e. The normalized spacial score (nSPS) is 10.9. The van der Waals surface area contributed by atoms with Gasteiger partial charge in [0.2, 0.25) is 0 Å². The molecule has 0 aliphatic heterocycles. The number of rotatable bonds is 2. The summed E-state index contributed by atoms with van der Waals surface area (Å²) in [5, 5.41) is 9.23. The van der Waals surface area contributed by atoms with E-state index in [-0.39, 0.29) is 0 Å². The zero-order valence-electron chi connectivity index (χ0n) is 11.3. The molecule has 3 rings (SSSR count). The van der Waals surface area contributed by atoms with Crippen molar-refractivity contribution in [3.63, 3.8) is 0 Å². The van der Waals surface area contributed by atoms with Crippen LogP contribution in [0.2, 0.25) is 0 Å². The summed E-state index contributed by atoms with van der Waals surface area (Å²) >= 11 is 0. The molecule has 0 unspecified atom stereocenters. The van der Waals surface area contributed by atoms with Crippen molar-refractivity contribution < 1.29 is 9.90 Å². The third-order valence-corrected chi connectivity index (χ3v) is 3.56. The summed E-state index contributed by atoms with van der Waals surface area (Å²) in [6.45, 7) is 3.85. The number of aromatic carboxylic acids is 1. The van der Waals surface area contributed by atoms with Gasteiger partial charge in [0.05, 0.1) is 22.3 Å². The lowest BCUT2D eigenvalue weighted by molar-refractivity contribution is 0.0696. The molecule has 0 aliphatic carbocycles. The highest BCUT2D eigenvalue weighted by Gasteiger charge is 2.13. The van der Waals surface area contributed by atoms with E-state index in [9.17, 15) is 9.90 Å². The zero-order valence-corrected chi connectivity index (χ0v) is 11.3. The number of carbonyl (C=O) groups is 1. The molecule has 0 atom stereocenters. The summed E-state index contributed by atoms with van der Waals surface area (Å²) in [7, 11) is 0. The molecule has 3 aromatic rings. The third-order valence-electron chi connectivity index (χ3n) is 3.56. The summed E-state index contributed by atoms with van der Waals surface area (Å²) in [6.07, 6.45) is 1.74. The first-order chi connectivity index (χ1) is 9.59. The quantitative estimate of drug-likeness (QED) is 0.774. The number of carboxylic acid groups (broad SMARTS) is 1. The number of hydrogen-bond acceptors (Lipinski definition) is 2. The number of nitrogens with zero attached hydrogens (tertiary/aromatic N) is 2. The Kier molecular flexibility index (Phi) is 2.79. The van der Waals surface area contributed by atoms with Gasteiger partial charge >= 0.3 is 5.97 Å². The van der Waals surface area contributed by atoms with Gasteiger partial charge in [-0.1, -0.05) is 18.2 Å². The first kappa shape index (κ1) is 12.4. The first-order valence-electron chi connectivity index (χ1n) is 6.35. The fourth-order valence-corrected chi connectivity index (χ4v) is 2.54. The van der Waals surface area contributed by atoms with Crippen LogP contribution in [0.3, 0.4) is 0 Å². The Bertz CT molecular complexity index is 818. The van der Waals surface area contributed by atoms with Gasteiger partial charge < -0.3 is 5.11 Å². The van der Waals surface area contributed by atoms with Crippen LogP contribution in [0, 0.1) is 13.8 Å². The van der Waals surface area contributed by atoms with Crippen molar-refractivity contribution in [1.82, 2.24) is 9.55 Å². The number of para-hydroxylation sites is 1. The molecule has 0 spiro atoms. The molecule has 0 radical (unpaired) electrons. The maximum atomic E-state index is 11.2. The van der Waals surface area contributed by atoms with Gasteiger partial charge in [-0.25, -0.2) is 9.78 Å². The number of imidazole rings is 1. The summed E-state index contributed by atoms with van der Waals surface area (Å²) in [5.74, 6) is -0.912. The third kappa shape index (κ3) is 1.77. The number of fused-ring (bicyclic) bond motifs is 1. The molecule has 1 heterocycles. The highest BCUT2D eigenvalue weighted by atomic mass is 16.4. The zero-order chi connectivity index (χ0) is 14.3. The Hall–Kier alpha value is -2.62. The van der Waals surface area contributed by atoms with E-state index in [4.69, 9.17) is 0 Å². The molecule has 0 saturated carbocycles. The van der Waals surface area contributed by atoms with E-state index in [0.29, 0.717) is 5.56 Å². The predicted molar refractivity (Wildman–Crippen MR) is 77.5 cm³/mol. The van der Waals surface area contributed by atoms with Crippen molar-refractivity contribution in [2.75, 3.05) is 0 Å². The second kappa shape index (κ2) is 4.49. The molecule has 0 saturated heterocycles. The lowest BCUT2D eigenvalue weighted by Gasteiger charge is -2.11. The summed E-state index contributed by atoms with van der Waals surface area (Å²) in [5.41, 5.74) is 4.94. The molecule has 4 heteroatoms. The average molecular weight is 266 g/mol. The van der Waals surface area contributed by atoms with Gasteiger partial charge in [-0.2, -0.15) is 0 Å². The largest absolute Gasteiger partial charge is 0.478 e. The molecule has 0 amide bonds.